The lowest BCUT2D eigenvalue weighted by Crippen LogP contribution is -1.95. The fourth-order valence-electron chi connectivity index (χ4n) is 1.79. The topological polar surface area (TPSA) is 71.1 Å². The van der Waals surface area contributed by atoms with Crippen LogP contribution < -0.4 is 9.47 Å². The highest BCUT2D eigenvalue weighted by Crippen LogP contribution is 2.24. The lowest BCUT2D eigenvalue weighted by Gasteiger charge is -2.04. The number of hydrogen-bond donors (Lipinski definition) is 0. The summed E-state index contributed by atoms with van der Waals surface area (Å²) in [6.45, 7) is 0. The third kappa shape index (κ3) is 5.63. The highest BCUT2D eigenvalue weighted by atomic mass is 16.5. The van der Waals surface area contributed by atoms with Crippen molar-refractivity contribution >= 4 is 11.9 Å². The number of benzene rings is 2. The molecule has 0 saturated heterocycles. The molecular weight excluding hydrogens is 336 g/mol. The number of carbonyl (C=O) groups is 2. The van der Waals surface area contributed by atoms with E-state index in [0.717, 1.165) is 11.1 Å². The van der Waals surface area contributed by atoms with E-state index in [1.165, 1.54) is 14.2 Å². The fraction of sp³-hybridized carbons (Fsp3) is 0.100. The van der Waals surface area contributed by atoms with Gasteiger partial charge in [0.1, 0.15) is 23.7 Å². The van der Waals surface area contributed by atoms with E-state index in [0.29, 0.717) is 11.5 Å². The summed E-state index contributed by atoms with van der Waals surface area (Å²) in [4.78, 5) is 21.7. The molecule has 0 aliphatic heterocycles. The van der Waals surface area contributed by atoms with E-state index in [-0.39, 0.29) is 0 Å². The largest absolute Gasteiger partial charge is 0.459 e. The Bertz CT molecular complexity index is 812. The van der Waals surface area contributed by atoms with Crippen LogP contribution in [0.3, 0.4) is 0 Å². The molecule has 6 heteroatoms. The number of esters is 2. The van der Waals surface area contributed by atoms with Crippen molar-refractivity contribution in [1.29, 1.82) is 0 Å². The summed E-state index contributed by atoms with van der Waals surface area (Å²) in [7, 11) is 2.49. The predicted octanol–water partition coefficient (Wildman–Crippen LogP) is 2.38. The Labute approximate surface area is 150 Å². The number of ether oxygens (including phenoxy) is 4. The molecule has 2 rings (SSSR count). The maximum atomic E-state index is 10.9. The van der Waals surface area contributed by atoms with Crippen molar-refractivity contribution in [1.82, 2.24) is 0 Å². The van der Waals surface area contributed by atoms with Gasteiger partial charge in [-0.2, -0.15) is 0 Å². The van der Waals surface area contributed by atoms with E-state index >= 15 is 0 Å². The molecule has 0 spiro atoms. The molecule has 6 nitrogen and oxygen atoms in total. The minimum atomic E-state index is -0.666. The quantitative estimate of drug-likeness (QED) is 0.625. The minimum Gasteiger partial charge on any atom is -0.459 e. The van der Waals surface area contributed by atoms with Gasteiger partial charge in [-0.25, -0.2) is 9.59 Å². The average Bonchev–Trinajstić information content (AvgIpc) is 2.68. The lowest BCUT2D eigenvalue weighted by atomic mass is 10.1. The predicted molar refractivity (Wildman–Crippen MR) is 92.7 cm³/mol. The zero-order valence-electron chi connectivity index (χ0n) is 14.1. The van der Waals surface area contributed by atoms with Crippen LogP contribution in [-0.4, -0.2) is 26.2 Å². The van der Waals surface area contributed by atoms with Gasteiger partial charge in [-0.05, 0) is 35.4 Å². The Balaban J connectivity index is 2.00. The molecule has 0 aliphatic carbocycles. The first-order valence-electron chi connectivity index (χ1n) is 7.34. The van der Waals surface area contributed by atoms with Crippen LogP contribution in [-0.2, 0) is 19.1 Å². The van der Waals surface area contributed by atoms with Crippen LogP contribution in [0.25, 0.3) is 11.1 Å². The summed E-state index contributed by atoms with van der Waals surface area (Å²) < 4.78 is 19.0. The van der Waals surface area contributed by atoms with Crippen LogP contribution >= 0.6 is 0 Å². The van der Waals surface area contributed by atoms with Crippen molar-refractivity contribution < 1.29 is 28.5 Å². The summed E-state index contributed by atoms with van der Waals surface area (Å²) in [6.07, 6.45) is 4.53. The van der Waals surface area contributed by atoms with Crippen molar-refractivity contribution in [3.63, 3.8) is 0 Å². The zero-order valence-corrected chi connectivity index (χ0v) is 14.1. The fourth-order valence-corrected chi connectivity index (χ4v) is 1.79. The van der Waals surface area contributed by atoms with Gasteiger partial charge in [0, 0.05) is 0 Å². The average molecular weight is 350 g/mol. The number of hydrogen-bond acceptors (Lipinski definition) is 6. The Morgan fingerprint density at radius 2 is 1.00 bits per heavy atom. The SMILES string of the molecule is COC(=O)C#COc1ccc(-c2ccc(OC#CC(=O)OC)cc2)cc1. The van der Waals surface area contributed by atoms with Gasteiger partial charge in [-0.1, -0.05) is 24.3 Å². The Kier molecular flexibility index (Phi) is 6.67. The molecule has 2 aromatic carbocycles. The van der Waals surface area contributed by atoms with Gasteiger partial charge in [-0.3, -0.25) is 0 Å². The van der Waals surface area contributed by atoms with Crippen LogP contribution in [0.2, 0.25) is 0 Å². The maximum Gasteiger partial charge on any atom is 0.387 e. The molecule has 2 aromatic rings. The normalized spacial score (nSPS) is 8.85. The van der Waals surface area contributed by atoms with Crippen LogP contribution in [0.4, 0.5) is 0 Å². The molecule has 0 saturated carbocycles. The zero-order chi connectivity index (χ0) is 18.8. The second-order valence-corrected chi connectivity index (χ2v) is 4.69. The van der Waals surface area contributed by atoms with Gasteiger partial charge < -0.3 is 18.9 Å². The summed E-state index contributed by atoms with van der Waals surface area (Å²) in [5.74, 6) is 4.02. The first kappa shape index (κ1) is 18.4. The van der Waals surface area contributed by atoms with Crippen LogP contribution in [0.5, 0.6) is 11.5 Å². The van der Waals surface area contributed by atoms with Gasteiger partial charge in [0.25, 0.3) is 0 Å². The van der Waals surface area contributed by atoms with E-state index in [2.05, 4.69) is 33.5 Å². The van der Waals surface area contributed by atoms with Crippen LogP contribution in [0.1, 0.15) is 0 Å². The molecule has 0 amide bonds. The first-order valence-corrected chi connectivity index (χ1v) is 7.34. The molecule has 0 radical (unpaired) electrons. The maximum absolute atomic E-state index is 10.9. The van der Waals surface area contributed by atoms with Gasteiger partial charge >= 0.3 is 11.9 Å². The van der Waals surface area contributed by atoms with Crippen molar-refractivity contribution in [2.75, 3.05) is 14.2 Å². The monoisotopic (exact) mass is 350 g/mol. The molecular formula is C20H14O6. The third-order valence-electron chi connectivity index (χ3n) is 3.06. The van der Waals surface area contributed by atoms with E-state index < -0.39 is 11.9 Å². The van der Waals surface area contributed by atoms with E-state index in [1.807, 2.05) is 24.3 Å². The highest BCUT2D eigenvalue weighted by Gasteiger charge is 2.00. The van der Waals surface area contributed by atoms with Gasteiger partial charge in [-0.15, -0.1) is 0 Å². The third-order valence-corrected chi connectivity index (χ3v) is 3.06. The van der Waals surface area contributed by atoms with E-state index in [4.69, 9.17) is 9.47 Å². The lowest BCUT2D eigenvalue weighted by molar-refractivity contribution is -0.134. The molecule has 0 N–H and O–H groups in total. The van der Waals surface area contributed by atoms with E-state index in [1.54, 1.807) is 24.3 Å². The number of rotatable bonds is 3. The number of methoxy groups -OCH3 is 2. The van der Waals surface area contributed by atoms with Gasteiger partial charge in [0.2, 0.25) is 0 Å². The second kappa shape index (κ2) is 9.41. The molecule has 0 bridgehead atoms. The van der Waals surface area contributed by atoms with Crippen LogP contribution in [0.15, 0.2) is 48.5 Å². The highest BCUT2D eigenvalue weighted by molar-refractivity contribution is 5.88. The molecule has 0 heterocycles. The first-order chi connectivity index (χ1) is 12.6. The molecule has 0 aromatic heterocycles. The van der Waals surface area contributed by atoms with Crippen molar-refractivity contribution in [2.45, 2.75) is 0 Å². The Morgan fingerprint density at radius 1 is 0.654 bits per heavy atom. The molecule has 26 heavy (non-hydrogen) atoms. The Hall–Kier alpha value is -3.90. The summed E-state index contributed by atoms with van der Waals surface area (Å²) >= 11 is 0. The molecule has 130 valence electrons. The summed E-state index contributed by atoms with van der Waals surface area (Å²) in [5.41, 5.74) is 1.90. The summed E-state index contributed by atoms with van der Waals surface area (Å²) in [5, 5.41) is 0. The molecule has 0 aliphatic rings. The van der Waals surface area contributed by atoms with E-state index in [9.17, 15) is 9.59 Å². The van der Waals surface area contributed by atoms with Gasteiger partial charge in [0.05, 0.1) is 26.1 Å². The second-order valence-electron chi connectivity index (χ2n) is 4.69. The smallest absolute Gasteiger partial charge is 0.387 e. The molecule has 0 unspecified atom stereocenters. The minimum absolute atomic E-state index is 0.503. The Morgan fingerprint density at radius 3 is 1.31 bits per heavy atom. The van der Waals surface area contributed by atoms with Crippen molar-refractivity contribution in [2.24, 2.45) is 0 Å². The summed E-state index contributed by atoms with van der Waals surface area (Å²) in [6, 6.07) is 14.3. The molecule has 0 fully saturated rings. The van der Waals surface area contributed by atoms with Gasteiger partial charge in [0.15, 0.2) is 0 Å². The standard InChI is InChI=1S/C20H14O6/c1-23-19(21)11-13-25-17-7-3-15(4-8-17)16-5-9-18(10-6-16)26-14-12-20(22)24-2/h3-10H,1-2H3. The van der Waals surface area contributed by atoms with Crippen molar-refractivity contribution in [3.05, 3.63) is 48.5 Å². The van der Waals surface area contributed by atoms with Crippen LogP contribution in [0, 0.1) is 24.1 Å². The van der Waals surface area contributed by atoms with Crippen molar-refractivity contribution in [3.8, 4) is 46.7 Å². The molecule has 0 atom stereocenters. The number of carbonyl (C=O) groups excluding carboxylic acids is 2.